The quantitative estimate of drug-likeness (QED) is 0.302. The van der Waals surface area contributed by atoms with E-state index in [4.69, 9.17) is 5.73 Å². The molecule has 0 amide bonds. The number of alkyl halides is 6. The molecule has 0 fully saturated rings. The molecule has 0 saturated heterocycles. The van der Waals surface area contributed by atoms with Crippen LogP contribution in [0.25, 0.3) is 0 Å². The van der Waals surface area contributed by atoms with Crippen LogP contribution in [0.1, 0.15) is 23.6 Å². The summed E-state index contributed by atoms with van der Waals surface area (Å²) in [7, 11) is 0. The van der Waals surface area contributed by atoms with Gasteiger partial charge in [0, 0.05) is 12.1 Å². The summed E-state index contributed by atoms with van der Waals surface area (Å²) in [6.07, 6.45) is -9.58. The summed E-state index contributed by atoms with van der Waals surface area (Å²) < 4.78 is 76.1. The van der Waals surface area contributed by atoms with Crippen molar-refractivity contribution < 1.29 is 31.2 Å². The number of benzene rings is 1. The molecular formula is C14H12F6N2O. The summed E-state index contributed by atoms with van der Waals surface area (Å²) in [6.45, 7) is 1.30. The Hall–Kier alpha value is -2.21. The molecule has 1 aromatic rings. The maximum Gasteiger partial charge on any atom is 0.417 e. The van der Waals surface area contributed by atoms with Crippen LogP contribution in [0.5, 0.6) is 0 Å². The van der Waals surface area contributed by atoms with E-state index in [0.717, 1.165) is 0 Å². The zero-order chi connectivity index (χ0) is 17.7. The third-order valence-corrected chi connectivity index (χ3v) is 2.53. The lowest BCUT2D eigenvalue weighted by Crippen LogP contribution is -2.11. The molecule has 0 atom stereocenters. The second-order valence-corrected chi connectivity index (χ2v) is 4.36. The number of oxime groups is 1. The lowest BCUT2D eigenvalue weighted by molar-refractivity contribution is -0.141. The highest BCUT2D eigenvalue weighted by Gasteiger charge is 2.36. The Bertz CT molecular complexity index is 637. The highest BCUT2D eigenvalue weighted by molar-refractivity contribution is 5.83. The molecule has 3 nitrogen and oxygen atoms in total. The monoisotopic (exact) mass is 338 g/mol. The Morgan fingerprint density at radius 1 is 1.17 bits per heavy atom. The molecular weight excluding hydrogens is 326 g/mol. The first-order valence-electron chi connectivity index (χ1n) is 6.18. The highest BCUT2D eigenvalue weighted by Crippen LogP contribution is 2.36. The van der Waals surface area contributed by atoms with Gasteiger partial charge in [-0.1, -0.05) is 17.0 Å². The average molecular weight is 338 g/mol. The van der Waals surface area contributed by atoms with Gasteiger partial charge in [-0.2, -0.15) is 26.3 Å². The number of hydrogen-bond donors (Lipinski definition) is 1. The minimum atomic E-state index is -4.82. The molecule has 0 aliphatic carbocycles. The molecule has 0 bridgehead atoms. The van der Waals surface area contributed by atoms with Crippen LogP contribution in [-0.2, 0) is 17.2 Å². The summed E-state index contributed by atoms with van der Waals surface area (Å²) in [5.74, 6) is 4.21. The Balaban J connectivity index is 3.07. The normalized spacial score (nSPS) is 12.6. The molecule has 2 N–H and O–H groups in total. The van der Waals surface area contributed by atoms with Crippen LogP contribution >= 0.6 is 0 Å². The number of nitrogens with zero attached hydrogens (tertiary/aromatic N) is 1. The molecule has 23 heavy (non-hydrogen) atoms. The standard InChI is InChI=1S/C14H12F6N2O/c1-9(8-21)22-23-6-2-3-10-7-11(13(15,16)17)4-5-12(10)14(18,19)20/h4-5,7H,6,8,21H2,1H3/b22-9+. The van der Waals surface area contributed by atoms with E-state index in [-0.39, 0.29) is 13.2 Å². The van der Waals surface area contributed by atoms with Crippen LogP contribution in [0.4, 0.5) is 26.3 Å². The van der Waals surface area contributed by atoms with Gasteiger partial charge < -0.3 is 10.6 Å². The second-order valence-electron chi connectivity index (χ2n) is 4.36. The van der Waals surface area contributed by atoms with Crippen LogP contribution in [0.3, 0.4) is 0 Å². The van der Waals surface area contributed by atoms with E-state index in [2.05, 4.69) is 15.9 Å². The van der Waals surface area contributed by atoms with E-state index < -0.39 is 29.0 Å². The first-order valence-corrected chi connectivity index (χ1v) is 6.18. The molecule has 9 heteroatoms. The van der Waals surface area contributed by atoms with Crippen molar-refractivity contribution in [1.29, 1.82) is 0 Å². The van der Waals surface area contributed by atoms with Gasteiger partial charge in [0.1, 0.15) is 0 Å². The van der Waals surface area contributed by atoms with Gasteiger partial charge in [0.2, 0.25) is 0 Å². The van der Waals surface area contributed by atoms with Crippen molar-refractivity contribution in [3.05, 3.63) is 34.9 Å². The van der Waals surface area contributed by atoms with Crippen molar-refractivity contribution in [2.45, 2.75) is 19.3 Å². The van der Waals surface area contributed by atoms with Crippen molar-refractivity contribution in [2.24, 2.45) is 10.9 Å². The first-order chi connectivity index (χ1) is 10.6. The van der Waals surface area contributed by atoms with Crippen LogP contribution < -0.4 is 5.73 Å². The molecule has 0 heterocycles. The molecule has 0 unspecified atom stereocenters. The molecule has 126 valence electrons. The van der Waals surface area contributed by atoms with E-state index in [0.29, 0.717) is 23.9 Å². The lowest BCUT2D eigenvalue weighted by atomic mass is 10.0. The summed E-state index contributed by atoms with van der Waals surface area (Å²) in [6, 6.07) is 1.06. The van der Waals surface area contributed by atoms with Gasteiger partial charge in [-0.15, -0.1) is 0 Å². The number of rotatable bonds is 3. The van der Waals surface area contributed by atoms with Gasteiger partial charge in [0.15, 0.2) is 6.61 Å². The van der Waals surface area contributed by atoms with Crippen molar-refractivity contribution >= 4 is 5.71 Å². The van der Waals surface area contributed by atoms with E-state index in [9.17, 15) is 26.3 Å². The van der Waals surface area contributed by atoms with Crippen molar-refractivity contribution in [2.75, 3.05) is 13.2 Å². The zero-order valence-corrected chi connectivity index (χ0v) is 11.8. The van der Waals surface area contributed by atoms with Crippen LogP contribution in [0.15, 0.2) is 23.4 Å². The smallest absolute Gasteiger partial charge is 0.383 e. The summed E-state index contributed by atoms with van der Waals surface area (Å²) >= 11 is 0. The Morgan fingerprint density at radius 2 is 1.83 bits per heavy atom. The van der Waals surface area contributed by atoms with Gasteiger partial charge in [-0.25, -0.2) is 0 Å². The van der Waals surface area contributed by atoms with E-state index in [1.54, 1.807) is 6.92 Å². The van der Waals surface area contributed by atoms with Crippen molar-refractivity contribution in [3.63, 3.8) is 0 Å². The molecule has 0 saturated carbocycles. The van der Waals surface area contributed by atoms with Crippen LogP contribution in [0.2, 0.25) is 0 Å². The van der Waals surface area contributed by atoms with Gasteiger partial charge in [-0.05, 0) is 25.1 Å². The molecule has 0 aromatic heterocycles. The van der Waals surface area contributed by atoms with Crippen LogP contribution in [-0.4, -0.2) is 18.9 Å². The maximum atomic E-state index is 12.8. The van der Waals surface area contributed by atoms with E-state index in [1.165, 1.54) is 0 Å². The summed E-state index contributed by atoms with van der Waals surface area (Å²) in [5.41, 5.74) is 2.41. The van der Waals surface area contributed by atoms with Gasteiger partial charge >= 0.3 is 12.4 Å². The Labute approximate surface area is 128 Å². The van der Waals surface area contributed by atoms with Gasteiger partial charge in [0.05, 0.1) is 16.8 Å². The maximum absolute atomic E-state index is 12.8. The number of halogens is 6. The molecule has 1 rings (SSSR count). The molecule has 0 aliphatic heterocycles. The SMILES string of the molecule is C/C(CN)=N\OCC#Cc1cc(C(F)(F)F)ccc1C(F)(F)F. The Kier molecular flexibility index (Phi) is 6.04. The third kappa shape index (κ3) is 5.83. The second kappa shape index (κ2) is 7.37. The summed E-state index contributed by atoms with van der Waals surface area (Å²) in [5, 5.41) is 3.49. The fraction of sp³-hybridized carbons (Fsp3) is 0.357. The average Bonchev–Trinajstić information content (AvgIpc) is 2.44. The van der Waals surface area contributed by atoms with Crippen LogP contribution in [0, 0.1) is 11.8 Å². The van der Waals surface area contributed by atoms with Gasteiger partial charge in [-0.3, -0.25) is 0 Å². The predicted octanol–water partition coefficient (Wildman–Crippen LogP) is 3.43. The third-order valence-electron chi connectivity index (χ3n) is 2.53. The predicted molar refractivity (Wildman–Crippen MR) is 71.4 cm³/mol. The molecule has 0 spiro atoms. The number of hydrogen-bond acceptors (Lipinski definition) is 3. The fourth-order valence-corrected chi connectivity index (χ4v) is 1.41. The highest BCUT2D eigenvalue weighted by atomic mass is 19.4. The first kappa shape index (κ1) is 18.8. The minimum Gasteiger partial charge on any atom is -0.383 e. The topological polar surface area (TPSA) is 47.6 Å². The van der Waals surface area contributed by atoms with Gasteiger partial charge in [0.25, 0.3) is 0 Å². The van der Waals surface area contributed by atoms with E-state index >= 15 is 0 Å². The fourth-order valence-electron chi connectivity index (χ4n) is 1.41. The van der Waals surface area contributed by atoms with Crippen molar-refractivity contribution in [3.8, 4) is 11.8 Å². The minimum absolute atomic E-state index is 0.124. The molecule has 0 aliphatic rings. The lowest BCUT2D eigenvalue weighted by Gasteiger charge is -2.12. The molecule has 0 radical (unpaired) electrons. The zero-order valence-electron chi connectivity index (χ0n) is 11.8. The van der Waals surface area contributed by atoms with E-state index in [1.807, 2.05) is 5.92 Å². The molecule has 1 aromatic carbocycles. The summed E-state index contributed by atoms with van der Waals surface area (Å²) in [4.78, 5) is 4.66. The van der Waals surface area contributed by atoms with Crippen molar-refractivity contribution in [1.82, 2.24) is 0 Å². The largest absolute Gasteiger partial charge is 0.417 e. The Morgan fingerprint density at radius 3 is 2.35 bits per heavy atom. The number of nitrogens with two attached hydrogens (primary N) is 1.